The molecule has 0 aromatic heterocycles. The van der Waals surface area contributed by atoms with Gasteiger partial charge in [-0.1, -0.05) is 41.6 Å². The number of nitrogens with zero attached hydrogens (tertiary/aromatic N) is 1. The molecule has 1 aliphatic carbocycles. The third-order valence-electron chi connectivity index (χ3n) is 8.40. The van der Waals surface area contributed by atoms with Gasteiger partial charge >= 0.3 is 0 Å². The van der Waals surface area contributed by atoms with Gasteiger partial charge in [0.25, 0.3) is 0 Å². The van der Waals surface area contributed by atoms with Crippen LogP contribution < -0.4 is 14.2 Å². The van der Waals surface area contributed by atoms with E-state index in [0.29, 0.717) is 5.56 Å². The average molecular weight is 821 g/mol. The molecule has 5 rings (SSSR count). The van der Waals surface area contributed by atoms with Crippen molar-refractivity contribution < 1.29 is 61.6 Å². The number of nitrogens with one attached hydrogen (secondary N) is 1. The first kappa shape index (κ1) is 31.7. The summed E-state index contributed by atoms with van der Waals surface area (Å²) in [5.74, 6) is -0.536. The summed E-state index contributed by atoms with van der Waals surface area (Å²) in [5, 5.41) is 32.1. The van der Waals surface area contributed by atoms with E-state index in [0.717, 1.165) is 41.7 Å². The maximum Gasteiger partial charge on any atom is 0.247 e. The van der Waals surface area contributed by atoms with Crippen LogP contribution in [0, 0.1) is 0 Å². The highest BCUT2D eigenvalue weighted by Gasteiger charge is 2.55. The van der Waals surface area contributed by atoms with Crippen molar-refractivity contribution in [3.63, 3.8) is 0 Å². The van der Waals surface area contributed by atoms with Gasteiger partial charge in [0.1, 0.15) is 91.3 Å². The first-order valence-electron chi connectivity index (χ1n) is 21.3. The van der Waals surface area contributed by atoms with Crippen molar-refractivity contribution in [3.8, 4) is 11.5 Å². The highest BCUT2D eigenvalue weighted by molar-refractivity contribution is 7.96. The minimum atomic E-state index is -1.40. The second-order valence-corrected chi connectivity index (χ2v) is 14.2. The van der Waals surface area contributed by atoms with E-state index in [-0.39, 0.29) is 53.1 Å². The van der Waals surface area contributed by atoms with E-state index in [1.807, 2.05) is 30.3 Å². The van der Waals surface area contributed by atoms with Gasteiger partial charge in [-0.3, -0.25) is 4.79 Å². The Kier molecular flexibility index (Phi) is 12.4. The van der Waals surface area contributed by atoms with Crippen LogP contribution in [0.3, 0.4) is 0 Å². The smallest absolute Gasteiger partial charge is 0.247 e. The van der Waals surface area contributed by atoms with Gasteiger partial charge in [-0.25, -0.2) is 0 Å². The number of fused-ring (bicyclic) bond motifs is 1. The molecule has 10 atom stereocenters. The minimum absolute atomic E-state index is 0.0253. The molecule has 0 bridgehead atoms. The monoisotopic (exact) mass is 821 g/mol. The van der Waals surface area contributed by atoms with E-state index in [4.69, 9.17) is 64.0 Å². The minimum Gasteiger partial charge on any atom is -0.458 e. The summed E-state index contributed by atoms with van der Waals surface area (Å²) in [6, 6.07) is 12.6. The Morgan fingerprint density at radius 3 is 2.50 bits per heavy atom. The highest BCUT2D eigenvalue weighted by atomic mass is 32.2. The van der Waals surface area contributed by atoms with Crippen molar-refractivity contribution in [2.75, 3.05) is 30.4 Å². The standard InChI is InChI=1S/C33H45B3N2O13S3/c1-17(32(43)37-23-24(40)25(41)29-31(45-16-44-29)28(23)50-53-14-35)9-19-7-8-21(22(10-19)49-52-13-34)47-33-26(42)30(51-54-15-36)27(48-33)20(11-39)38-46-12-18-5-3-2-4-6-18/h2-10,23-31,33,39-42H,11-16,34-36H2,1H3,(H,37,43)/b17-9+,38-20+/t23?,24-,25+,26-,27+,28+,29+,30-,31-,33+/m0/s1/i34TD,35TD,36TD,40T,41T,42T. The number of carbonyl (C=O) groups excluding carboxylic acids is 1. The van der Waals surface area contributed by atoms with Crippen molar-refractivity contribution in [1.82, 2.24) is 5.32 Å². The fourth-order valence-electron chi connectivity index (χ4n) is 5.86. The summed E-state index contributed by atoms with van der Waals surface area (Å²) in [5.41, 5.74) is 1.17. The Labute approximate surface area is 342 Å². The lowest BCUT2D eigenvalue weighted by Gasteiger charge is -2.43. The van der Waals surface area contributed by atoms with Crippen molar-refractivity contribution in [3.05, 3.63) is 65.2 Å². The van der Waals surface area contributed by atoms with Gasteiger partial charge in [0, 0.05) is 23.3 Å². The van der Waals surface area contributed by atoms with E-state index >= 15 is 0 Å². The maximum absolute atomic E-state index is 13.8. The molecule has 3 fully saturated rings. The molecule has 2 aromatic rings. The van der Waals surface area contributed by atoms with Gasteiger partial charge in [-0.05, 0) is 79.7 Å². The van der Waals surface area contributed by atoms with Crippen molar-refractivity contribution in [2.45, 2.75) is 74.7 Å². The molecule has 1 saturated carbocycles. The number of hydrogen-bond donors (Lipinski definition) is 5. The van der Waals surface area contributed by atoms with Crippen molar-refractivity contribution in [1.29, 1.82) is 12.3 Å². The molecule has 21 heteroatoms. The summed E-state index contributed by atoms with van der Waals surface area (Å²) in [7, 11) is -3.69. The normalized spacial score (nSPS) is 31.9. The van der Waals surface area contributed by atoms with Gasteiger partial charge in [0.15, 0.2) is 11.5 Å². The molecule has 292 valence electrons. The van der Waals surface area contributed by atoms with Crippen LogP contribution >= 0.6 is 36.1 Å². The fourth-order valence-corrected chi connectivity index (χ4v) is 7.09. The first-order chi connectivity index (χ1) is 30.4. The third-order valence-corrected chi connectivity index (χ3v) is 9.82. The number of rotatable bonds is 25. The summed E-state index contributed by atoms with van der Waals surface area (Å²) in [6.45, 7) is 0.760. The van der Waals surface area contributed by atoms with Gasteiger partial charge in [0.2, 0.25) is 16.5 Å². The van der Waals surface area contributed by atoms with Crippen LogP contribution in [0.25, 0.3) is 6.08 Å². The number of benzene rings is 2. The zero-order valence-electron chi connectivity index (χ0n) is 38.0. The first-order valence-corrected chi connectivity index (χ1v) is 19.4. The Morgan fingerprint density at radius 2 is 1.76 bits per heavy atom. The second kappa shape index (κ2) is 21.2. The van der Waals surface area contributed by atoms with E-state index in [1.54, 1.807) is 6.07 Å². The molecular weight excluding hydrogens is 761 g/mol. The number of oxime groups is 1. The van der Waals surface area contributed by atoms with Crippen molar-refractivity contribution >= 4 is 77.1 Å². The van der Waals surface area contributed by atoms with E-state index < -0.39 is 97.0 Å². The van der Waals surface area contributed by atoms with Crippen LogP contribution in [-0.4, -0.2) is 159 Å². The SMILES string of the molecule is [2H]B([3H])CSOc1cc(/C=C(\C)C(=O)NC2[C@@H](OSCB([2H])[3H])[C@@H]3OCO[C@@H]3[C@H](O[3H])[C@H]2O[3H])ccc1O[C@@H]1O[C@H](/C(CO)=N/OCc2ccccc2)[C@@H](OSCB([2H])[3H])[C@@H]1O[3H]. The van der Waals surface area contributed by atoms with Crippen LogP contribution in [0.4, 0.5) is 0 Å². The predicted octanol–water partition coefficient (Wildman–Crippen LogP) is -1.05. The van der Waals surface area contributed by atoms with Gasteiger partial charge in [-0.2, -0.15) is 0 Å². The number of aliphatic hydroxyl groups is 4. The second-order valence-electron chi connectivity index (χ2n) is 11.9. The molecule has 0 radical (unpaired) electrons. The lowest BCUT2D eigenvalue weighted by Crippen LogP contribution is -2.67. The van der Waals surface area contributed by atoms with Gasteiger partial charge in [-0.15, -0.1) is 0 Å². The van der Waals surface area contributed by atoms with Crippen LogP contribution in [0.2, 0.25) is 0 Å². The maximum atomic E-state index is 13.8. The molecule has 5 N–H and O–H groups in total. The van der Waals surface area contributed by atoms with E-state index in [9.17, 15) is 9.90 Å². The molecule has 0 spiro atoms. The molecule has 2 aliphatic heterocycles. The van der Waals surface area contributed by atoms with Gasteiger partial charge < -0.3 is 62.1 Å². The molecule has 1 amide bonds. The number of aliphatic hydroxyl groups excluding tert-OH is 4. The molecule has 1 unspecified atom stereocenters. The van der Waals surface area contributed by atoms with Crippen LogP contribution in [-0.2, 0) is 38.8 Å². The summed E-state index contributed by atoms with van der Waals surface area (Å²) in [6.07, 6.45) is -8.67. The zero-order valence-corrected chi connectivity index (χ0v) is 31.4. The molecule has 2 saturated heterocycles. The number of amides is 1. The largest absolute Gasteiger partial charge is 0.458 e. The molecule has 54 heavy (non-hydrogen) atoms. The lowest BCUT2D eigenvalue weighted by atomic mass is 9.83. The summed E-state index contributed by atoms with van der Waals surface area (Å²) in [4.78, 5) is 19.3. The lowest BCUT2D eigenvalue weighted by molar-refractivity contribution is -0.147. The number of ether oxygens (including phenoxy) is 4. The molecule has 2 aromatic carbocycles. The Hall–Kier alpha value is -2.40. The Morgan fingerprint density at radius 1 is 1.02 bits per heavy atom. The van der Waals surface area contributed by atoms with E-state index in [1.165, 1.54) is 25.1 Å². The third kappa shape index (κ3) is 10.7. The zero-order chi connectivity index (χ0) is 45.5. The van der Waals surface area contributed by atoms with E-state index in [2.05, 4.69) is 10.5 Å². The highest BCUT2D eigenvalue weighted by Crippen LogP contribution is 2.37. The van der Waals surface area contributed by atoms with Crippen LogP contribution in [0.15, 0.2) is 59.3 Å². The number of hydrogen-bond acceptors (Lipinski definition) is 17. The predicted molar refractivity (Wildman–Crippen MR) is 213 cm³/mol. The van der Waals surface area contributed by atoms with Gasteiger partial charge in [0.05, 0.1) is 12.6 Å². The van der Waals surface area contributed by atoms with Crippen molar-refractivity contribution in [2.24, 2.45) is 5.16 Å². The molecule has 15 nitrogen and oxygen atoms in total. The number of carbonyl (C=O) groups is 1. The van der Waals surface area contributed by atoms with Crippen LogP contribution in [0.1, 0.15) is 18.1 Å². The average Bonchev–Trinajstić information content (AvgIpc) is 3.88. The fraction of sp³-hybridized carbons (Fsp3) is 0.515. The topological polar surface area (TPSA) is 196 Å². The molecular formula is C33H45B3N2O13S3. The molecule has 3 aliphatic rings. The summed E-state index contributed by atoms with van der Waals surface area (Å²) < 4.78 is 110. The summed E-state index contributed by atoms with van der Waals surface area (Å²) >= 11 is 2.36. The molecule has 2 heterocycles. The van der Waals surface area contributed by atoms with Crippen LogP contribution in [0.5, 0.6) is 11.5 Å². The Bertz CT molecular complexity index is 1800. The Balaban J connectivity index is 1.38. The quantitative estimate of drug-likeness (QED) is 0.0267.